The van der Waals surface area contributed by atoms with Crippen molar-refractivity contribution in [3.05, 3.63) is 57.5 Å². The lowest BCUT2D eigenvalue weighted by atomic mass is 10.0. The van der Waals surface area contributed by atoms with Gasteiger partial charge in [0, 0.05) is 5.56 Å². The monoisotopic (exact) mass is 296 g/mol. The van der Waals surface area contributed by atoms with Crippen LogP contribution >= 0.6 is 23.2 Å². The van der Waals surface area contributed by atoms with Gasteiger partial charge in [-0.15, -0.1) is 0 Å². The number of furan rings is 1. The number of aryl methyl sites for hydroxylation is 1. The van der Waals surface area contributed by atoms with E-state index in [2.05, 4.69) is 0 Å². The van der Waals surface area contributed by atoms with Crippen LogP contribution in [0.5, 0.6) is 0 Å². The lowest BCUT2D eigenvalue weighted by Crippen LogP contribution is -2.09. The van der Waals surface area contributed by atoms with Gasteiger partial charge >= 0.3 is 0 Å². The summed E-state index contributed by atoms with van der Waals surface area (Å²) >= 11 is 11.8. The smallest absolute Gasteiger partial charge is 0.174 e. The molecule has 0 N–H and O–H groups in total. The average Bonchev–Trinajstić information content (AvgIpc) is 2.79. The number of rotatable bonds is 4. The molecule has 19 heavy (non-hydrogen) atoms. The molecule has 0 aliphatic heterocycles. The highest BCUT2D eigenvalue weighted by atomic mass is 35.5. The zero-order valence-corrected chi connectivity index (χ0v) is 11.6. The largest absolute Gasteiger partial charge is 0.469 e. The van der Waals surface area contributed by atoms with Gasteiger partial charge in [-0.25, -0.2) is 0 Å². The number of Topliss-reactive ketones (excluding diaryl/α,β-unsaturated/α-hetero) is 2. The Morgan fingerprint density at radius 2 is 1.79 bits per heavy atom. The number of ketones is 2. The lowest BCUT2D eigenvalue weighted by Gasteiger charge is -2.04. The topological polar surface area (TPSA) is 47.3 Å². The van der Waals surface area contributed by atoms with E-state index in [1.807, 2.05) is 0 Å². The predicted molar refractivity (Wildman–Crippen MR) is 73.2 cm³/mol. The van der Waals surface area contributed by atoms with Gasteiger partial charge in [-0.3, -0.25) is 9.59 Å². The van der Waals surface area contributed by atoms with Gasteiger partial charge in [0.25, 0.3) is 0 Å². The highest BCUT2D eigenvalue weighted by Crippen LogP contribution is 2.27. The molecule has 2 rings (SSSR count). The second-order valence-corrected chi connectivity index (χ2v) is 4.80. The van der Waals surface area contributed by atoms with E-state index in [0.29, 0.717) is 16.3 Å². The Kier molecular flexibility index (Phi) is 4.08. The normalized spacial score (nSPS) is 10.5. The van der Waals surface area contributed by atoms with Gasteiger partial charge in [0.1, 0.15) is 5.76 Å². The van der Waals surface area contributed by atoms with Crippen molar-refractivity contribution in [1.29, 1.82) is 0 Å². The number of benzene rings is 1. The van der Waals surface area contributed by atoms with Gasteiger partial charge in [-0.1, -0.05) is 29.3 Å². The minimum atomic E-state index is -0.363. The van der Waals surface area contributed by atoms with E-state index >= 15 is 0 Å². The fourth-order valence-corrected chi connectivity index (χ4v) is 2.14. The molecule has 0 amide bonds. The van der Waals surface area contributed by atoms with Gasteiger partial charge in [-0.05, 0) is 25.1 Å². The third-order valence-electron chi connectivity index (χ3n) is 2.73. The quantitative estimate of drug-likeness (QED) is 0.622. The molecule has 1 heterocycles. The molecular weight excluding hydrogens is 287 g/mol. The summed E-state index contributed by atoms with van der Waals surface area (Å²) in [7, 11) is 0. The molecule has 98 valence electrons. The maximum absolute atomic E-state index is 12.0. The van der Waals surface area contributed by atoms with E-state index in [-0.39, 0.29) is 28.6 Å². The average molecular weight is 297 g/mol. The van der Waals surface area contributed by atoms with Crippen molar-refractivity contribution in [1.82, 2.24) is 0 Å². The fourth-order valence-electron chi connectivity index (χ4n) is 1.73. The van der Waals surface area contributed by atoms with E-state index in [1.165, 1.54) is 6.26 Å². The minimum absolute atomic E-state index is 0.172. The van der Waals surface area contributed by atoms with Crippen LogP contribution in [0.3, 0.4) is 0 Å². The molecule has 1 aromatic heterocycles. The van der Waals surface area contributed by atoms with Crippen LogP contribution in [0, 0.1) is 6.92 Å². The molecule has 0 fully saturated rings. The van der Waals surface area contributed by atoms with Crippen LogP contribution in [0.25, 0.3) is 0 Å². The summed E-state index contributed by atoms with van der Waals surface area (Å²) in [6.45, 7) is 1.67. The second-order valence-electron chi connectivity index (χ2n) is 4.01. The van der Waals surface area contributed by atoms with Crippen molar-refractivity contribution in [2.75, 3.05) is 0 Å². The summed E-state index contributed by atoms with van der Waals surface area (Å²) in [5, 5.41) is 0.463. The molecule has 0 spiro atoms. The molecule has 0 unspecified atom stereocenters. The summed E-state index contributed by atoms with van der Waals surface area (Å²) in [5.41, 5.74) is 0.662. The first kappa shape index (κ1) is 13.8. The van der Waals surface area contributed by atoms with Gasteiger partial charge in [0.05, 0.1) is 28.3 Å². The highest BCUT2D eigenvalue weighted by Gasteiger charge is 2.19. The van der Waals surface area contributed by atoms with Crippen molar-refractivity contribution in [2.45, 2.75) is 13.3 Å². The molecule has 2 aromatic rings. The Bertz CT molecular complexity index is 644. The van der Waals surface area contributed by atoms with Crippen molar-refractivity contribution < 1.29 is 14.0 Å². The van der Waals surface area contributed by atoms with Crippen molar-refractivity contribution in [3.63, 3.8) is 0 Å². The lowest BCUT2D eigenvalue weighted by molar-refractivity contribution is 0.0893. The van der Waals surface area contributed by atoms with Crippen molar-refractivity contribution >= 4 is 34.8 Å². The Morgan fingerprint density at radius 1 is 1.11 bits per heavy atom. The van der Waals surface area contributed by atoms with Crippen LogP contribution in [0.2, 0.25) is 10.0 Å². The second kappa shape index (κ2) is 5.59. The predicted octanol–water partition coefficient (Wildman–Crippen LogP) is 4.35. The molecule has 0 bridgehead atoms. The van der Waals surface area contributed by atoms with Crippen LogP contribution in [-0.2, 0) is 0 Å². The Balaban J connectivity index is 2.20. The molecular formula is C14H10Cl2O3. The molecule has 3 nitrogen and oxygen atoms in total. The third kappa shape index (κ3) is 2.88. The first-order valence-corrected chi connectivity index (χ1v) is 6.31. The first-order valence-electron chi connectivity index (χ1n) is 5.55. The standard InChI is InChI=1S/C14H10Cl2O3/c1-8-9(5-6-19-8)12(17)7-13(18)10-3-2-4-11(15)14(10)16/h2-6H,7H2,1H3. The summed E-state index contributed by atoms with van der Waals surface area (Å²) in [6, 6.07) is 6.30. The highest BCUT2D eigenvalue weighted by molar-refractivity contribution is 6.44. The number of hydrogen-bond donors (Lipinski definition) is 0. The molecule has 0 radical (unpaired) electrons. The Morgan fingerprint density at radius 3 is 2.42 bits per heavy atom. The van der Waals surface area contributed by atoms with Crippen molar-refractivity contribution in [2.24, 2.45) is 0 Å². The van der Waals surface area contributed by atoms with E-state index < -0.39 is 0 Å². The molecule has 5 heteroatoms. The first-order chi connectivity index (χ1) is 9.00. The van der Waals surface area contributed by atoms with E-state index in [4.69, 9.17) is 27.6 Å². The number of halogens is 2. The maximum Gasteiger partial charge on any atom is 0.174 e. The van der Waals surface area contributed by atoms with Crippen LogP contribution < -0.4 is 0 Å². The van der Waals surface area contributed by atoms with Crippen LogP contribution in [-0.4, -0.2) is 11.6 Å². The third-order valence-corrected chi connectivity index (χ3v) is 3.55. The molecule has 0 aliphatic rings. The van der Waals surface area contributed by atoms with Crippen LogP contribution in [0.15, 0.2) is 34.9 Å². The van der Waals surface area contributed by atoms with Gasteiger partial charge in [-0.2, -0.15) is 0 Å². The van der Waals surface area contributed by atoms with Crippen LogP contribution in [0.1, 0.15) is 32.9 Å². The van der Waals surface area contributed by atoms with E-state index in [9.17, 15) is 9.59 Å². The molecule has 0 atom stereocenters. The molecule has 0 saturated heterocycles. The zero-order valence-electron chi connectivity index (χ0n) is 10.1. The summed E-state index contributed by atoms with van der Waals surface area (Å²) in [6.07, 6.45) is 1.15. The Labute approximate surface area is 120 Å². The molecule has 0 saturated carbocycles. The van der Waals surface area contributed by atoms with E-state index in [1.54, 1.807) is 31.2 Å². The fraction of sp³-hybridized carbons (Fsp3) is 0.143. The maximum atomic E-state index is 12.0. The van der Waals surface area contributed by atoms with Crippen LogP contribution in [0.4, 0.5) is 0 Å². The van der Waals surface area contributed by atoms with Gasteiger partial charge in [0.2, 0.25) is 0 Å². The number of hydrogen-bond acceptors (Lipinski definition) is 3. The summed E-state index contributed by atoms with van der Waals surface area (Å²) in [4.78, 5) is 24.0. The number of carbonyl (C=O) groups excluding carboxylic acids is 2. The van der Waals surface area contributed by atoms with Gasteiger partial charge < -0.3 is 4.42 Å². The summed E-state index contributed by atoms with van der Waals surface area (Å²) in [5.74, 6) is -0.166. The summed E-state index contributed by atoms with van der Waals surface area (Å²) < 4.78 is 5.04. The van der Waals surface area contributed by atoms with Gasteiger partial charge in [0.15, 0.2) is 11.6 Å². The molecule has 0 aliphatic carbocycles. The van der Waals surface area contributed by atoms with Crippen molar-refractivity contribution in [3.8, 4) is 0 Å². The minimum Gasteiger partial charge on any atom is -0.469 e. The van der Waals surface area contributed by atoms with E-state index in [0.717, 1.165) is 0 Å². The number of carbonyl (C=O) groups is 2. The molecule has 1 aromatic carbocycles. The Hall–Kier alpha value is -1.58. The zero-order chi connectivity index (χ0) is 14.0. The SMILES string of the molecule is Cc1occc1C(=O)CC(=O)c1cccc(Cl)c1Cl.